The molecular formula is C21H18BrN3O2S. The number of aromatic nitrogens is 3. The highest BCUT2D eigenvalue weighted by molar-refractivity contribution is 9.10. The lowest BCUT2D eigenvalue weighted by molar-refractivity contribution is 0.308. The SMILES string of the molecule is Cn1c(C2CC2)nc2ccc(-n3ccc(OCc4sccc4Br)cc3=O)cc21. The van der Waals surface area contributed by atoms with Gasteiger partial charge in [-0.15, -0.1) is 11.3 Å². The van der Waals surface area contributed by atoms with Crippen LogP contribution in [0.25, 0.3) is 16.7 Å². The van der Waals surface area contributed by atoms with Crippen molar-refractivity contribution in [1.82, 2.24) is 14.1 Å². The summed E-state index contributed by atoms with van der Waals surface area (Å²) in [6.07, 6.45) is 4.19. The summed E-state index contributed by atoms with van der Waals surface area (Å²) in [5.74, 6) is 2.30. The molecule has 0 aliphatic heterocycles. The minimum atomic E-state index is -0.119. The summed E-state index contributed by atoms with van der Waals surface area (Å²) < 4.78 is 10.6. The standard InChI is InChI=1S/C21H18BrN3O2S/c1-24-18-10-14(4-5-17(18)23-21(24)13-2-3-13)25-8-6-15(11-20(25)26)27-12-19-16(22)7-9-28-19/h4-11,13H,2-3,12H2,1H3. The van der Waals surface area contributed by atoms with Gasteiger partial charge in [0.25, 0.3) is 5.56 Å². The molecule has 0 atom stereocenters. The van der Waals surface area contributed by atoms with E-state index in [4.69, 9.17) is 9.72 Å². The first-order chi connectivity index (χ1) is 13.6. The second-order valence-corrected chi connectivity index (χ2v) is 8.88. The van der Waals surface area contributed by atoms with Crippen molar-refractivity contribution in [2.24, 2.45) is 7.05 Å². The van der Waals surface area contributed by atoms with Gasteiger partial charge in [0.1, 0.15) is 18.2 Å². The largest absolute Gasteiger partial charge is 0.488 e. The fourth-order valence-corrected chi connectivity index (χ4v) is 4.77. The third-order valence-corrected chi connectivity index (χ3v) is 6.97. The Morgan fingerprint density at radius 3 is 2.82 bits per heavy atom. The predicted molar refractivity (Wildman–Crippen MR) is 115 cm³/mol. The van der Waals surface area contributed by atoms with Crippen molar-refractivity contribution in [2.75, 3.05) is 0 Å². The third-order valence-electron chi connectivity index (χ3n) is 5.07. The average molecular weight is 456 g/mol. The first-order valence-corrected chi connectivity index (χ1v) is 10.8. The van der Waals surface area contributed by atoms with Gasteiger partial charge in [-0.2, -0.15) is 0 Å². The molecular weight excluding hydrogens is 438 g/mol. The summed E-state index contributed by atoms with van der Waals surface area (Å²) in [5.41, 5.74) is 2.74. The van der Waals surface area contributed by atoms with E-state index in [0.717, 1.165) is 31.9 Å². The zero-order chi connectivity index (χ0) is 19.3. The predicted octanol–water partition coefficient (Wildman–Crippen LogP) is 5.00. The van der Waals surface area contributed by atoms with Crippen LogP contribution in [0.3, 0.4) is 0 Å². The maximum atomic E-state index is 12.7. The maximum Gasteiger partial charge on any atom is 0.258 e. The monoisotopic (exact) mass is 455 g/mol. The van der Waals surface area contributed by atoms with Gasteiger partial charge >= 0.3 is 0 Å². The van der Waals surface area contributed by atoms with E-state index in [9.17, 15) is 4.79 Å². The molecule has 1 fully saturated rings. The lowest BCUT2D eigenvalue weighted by Gasteiger charge is -2.09. The summed E-state index contributed by atoms with van der Waals surface area (Å²) in [4.78, 5) is 18.5. The molecule has 7 heteroatoms. The van der Waals surface area contributed by atoms with E-state index in [1.54, 1.807) is 22.1 Å². The molecule has 5 rings (SSSR count). The second-order valence-electron chi connectivity index (χ2n) is 7.03. The fourth-order valence-electron chi connectivity index (χ4n) is 3.39. The average Bonchev–Trinajstić information content (AvgIpc) is 3.37. The summed E-state index contributed by atoms with van der Waals surface area (Å²) in [7, 11) is 2.05. The molecule has 1 aliphatic carbocycles. The first-order valence-electron chi connectivity index (χ1n) is 9.14. The summed E-state index contributed by atoms with van der Waals surface area (Å²) >= 11 is 5.11. The highest BCUT2D eigenvalue weighted by Crippen LogP contribution is 2.40. The Bertz CT molecular complexity index is 1240. The molecule has 1 saturated carbocycles. The molecule has 0 radical (unpaired) electrons. The van der Waals surface area contributed by atoms with Crippen LogP contribution in [0.1, 0.15) is 29.5 Å². The van der Waals surface area contributed by atoms with E-state index >= 15 is 0 Å². The molecule has 1 aromatic carbocycles. The van der Waals surface area contributed by atoms with Gasteiger partial charge < -0.3 is 9.30 Å². The molecule has 3 heterocycles. The summed E-state index contributed by atoms with van der Waals surface area (Å²) in [6, 6.07) is 11.3. The van der Waals surface area contributed by atoms with E-state index in [2.05, 4.69) is 27.5 Å². The Morgan fingerprint density at radius 2 is 2.11 bits per heavy atom. The molecule has 0 spiro atoms. The number of imidazole rings is 1. The van der Waals surface area contributed by atoms with Crippen LogP contribution in [0.2, 0.25) is 0 Å². The zero-order valence-corrected chi connectivity index (χ0v) is 17.7. The number of thiophene rings is 1. The molecule has 28 heavy (non-hydrogen) atoms. The van der Waals surface area contributed by atoms with Crippen molar-refractivity contribution in [3.05, 3.63) is 73.5 Å². The molecule has 0 N–H and O–H groups in total. The van der Waals surface area contributed by atoms with Gasteiger partial charge in [-0.3, -0.25) is 9.36 Å². The molecule has 0 unspecified atom stereocenters. The van der Waals surface area contributed by atoms with Gasteiger partial charge in [-0.1, -0.05) is 0 Å². The normalized spacial score (nSPS) is 13.9. The second kappa shape index (κ2) is 6.90. The first kappa shape index (κ1) is 17.7. The lowest BCUT2D eigenvalue weighted by Crippen LogP contribution is -2.16. The van der Waals surface area contributed by atoms with Gasteiger partial charge in [0.15, 0.2) is 0 Å². The van der Waals surface area contributed by atoms with E-state index < -0.39 is 0 Å². The minimum Gasteiger partial charge on any atom is -0.488 e. The van der Waals surface area contributed by atoms with Gasteiger partial charge in [0, 0.05) is 29.7 Å². The topological polar surface area (TPSA) is 49.0 Å². The summed E-state index contributed by atoms with van der Waals surface area (Å²) in [6.45, 7) is 0.437. The molecule has 1 aliphatic rings. The Hall–Kier alpha value is -2.38. The lowest BCUT2D eigenvalue weighted by atomic mass is 10.2. The van der Waals surface area contributed by atoms with Crippen molar-refractivity contribution >= 4 is 38.3 Å². The number of rotatable bonds is 5. The van der Waals surface area contributed by atoms with Crippen LogP contribution in [-0.2, 0) is 13.7 Å². The Labute approximate surface area is 174 Å². The van der Waals surface area contributed by atoms with Gasteiger partial charge in [0.05, 0.1) is 21.6 Å². The number of pyridine rings is 1. The van der Waals surface area contributed by atoms with Crippen LogP contribution >= 0.6 is 27.3 Å². The van der Waals surface area contributed by atoms with Crippen LogP contribution in [0.15, 0.2) is 57.2 Å². The number of aryl methyl sites for hydroxylation is 1. The molecule has 4 aromatic rings. The molecule has 3 aromatic heterocycles. The van der Waals surface area contributed by atoms with Crippen molar-refractivity contribution < 1.29 is 4.74 Å². The van der Waals surface area contributed by atoms with E-state index in [1.165, 1.54) is 18.9 Å². The Balaban J connectivity index is 1.43. The molecule has 5 nitrogen and oxygen atoms in total. The molecule has 0 amide bonds. The van der Waals surface area contributed by atoms with Crippen LogP contribution in [0.5, 0.6) is 5.75 Å². The zero-order valence-electron chi connectivity index (χ0n) is 15.3. The molecule has 0 bridgehead atoms. The molecule has 142 valence electrons. The van der Waals surface area contributed by atoms with Crippen LogP contribution in [-0.4, -0.2) is 14.1 Å². The number of nitrogens with zero attached hydrogens (tertiary/aromatic N) is 3. The fraction of sp³-hybridized carbons (Fsp3) is 0.238. The Morgan fingerprint density at radius 1 is 1.25 bits per heavy atom. The van der Waals surface area contributed by atoms with Crippen molar-refractivity contribution in [3.63, 3.8) is 0 Å². The number of hydrogen-bond donors (Lipinski definition) is 0. The third kappa shape index (κ3) is 3.18. The smallest absolute Gasteiger partial charge is 0.258 e. The number of halogens is 1. The van der Waals surface area contributed by atoms with Gasteiger partial charge in [0.2, 0.25) is 0 Å². The number of fused-ring (bicyclic) bond motifs is 1. The van der Waals surface area contributed by atoms with Crippen LogP contribution in [0, 0.1) is 0 Å². The van der Waals surface area contributed by atoms with E-state index in [0.29, 0.717) is 18.3 Å². The summed E-state index contributed by atoms with van der Waals surface area (Å²) in [5, 5.41) is 2.00. The number of ether oxygens (including phenoxy) is 1. The highest BCUT2D eigenvalue weighted by atomic mass is 79.9. The van der Waals surface area contributed by atoms with Crippen LogP contribution < -0.4 is 10.3 Å². The van der Waals surface area contributed by atoms with E-state index in [-0.39, 0.29) is 5.56 Å². The van der Waals surface area contributed by atoms with Crippen molar-refractivity contribution in [3.8, 4) is 11.4 Å². The number of hydrogen-bond acceptors (Lipinski definition) is 4. The van der Waals surface area contributed by atoms with Gasteiger partial charge in [-0.05, 0) is 64.5 Å². The quantitative estimate of drug-likeness (QED) is 0.425. The molecule has 0 saturated heterocycles. The van der Waals surface area contributed by atoms with Crippen molar-refractivity contribution in [1.29, 1.82) is 0 Å². The van der Waals surface area contributed by atoms with E-state index in [1.807, 2.05) is 35.7 Å². The highest BCUT2D eigenvalue weighted by Gasteiger charge is 2.28. The van der Waals surface area contributed by atoms with Gasteiger partial charge in [-0.25, -0.2) is 4.98 Å². The van der Waals surface area contributed by atoms with Crippen molar-refractivity contribution in [2.45, 2.75) is 25.4 Å². The minimum absolute atomic E-state index is 0.119. The Kier molecular flexibility index (Phi) is 4.36. The maximum absolute atomic E-state index is 12.7. The van der Waals surface area contributed by atoms with Crippen LogP contribution in [0.4, 0.5) is 0 Å². The number of benzene rings is 1.